The van der Waals surface area contributed by atoms with Crippen LogP contribution in [0.4, 0.5) is 5.69 Å². The summed E-state index contributed by atoms with van der Waals surface area (Å²) in [7, 11) is 0. The molecular weight excluding hydrogens is 340 g/mol. The summed E-state index contributed by atoms with van der Waals surface area (Å²) in [5.74, 6) is 0.171. The van der Waals surface area contributed by atoms with E-state index in [9.17, 15) is 9.59 Å². The van der Waals surface area contributed by atoms with Gasteiger partial charge in [0.15, 0.2) is 5.58 Å². The van der Waals surface area contributed by atoms with Crippen molar-refractivity contribution in [1.29, 1.82) is 0 Å². The molecule has 27 heavy (non-hydrogen) atoms. The highest BCUT2D eigenvalue weighted by Crippen LogP contribution is 2.37. The minimum Gasteiger partial charge on any atom is -0.436 e. The number of carbonyl (C=O) groups is 2. The molecule has 2 aliphatic rings. The number of aromatic nitrogens is 1. The van der Waals surface area contributed by atoms with Gasteiger partial charge < -0.3 is 4.42 Å². The Bertz CT molecular complexity index is 1110. The standard InChI is InChI=1S/C22H18N2O3/c1-13-6-2-3-7-15(13)20-23-18-12-14(10-11-19(18)27-20)24-21(25)16-8-4-5-9-17(16)22(24)26/h2-3,6-7,10-12H,4-5,8-9H2,1H3. The molecule has 0 radical (unpaired) electrons. The largest absolute Gasteiger partial charge is 0.436 e. The number of hydrogen-bond donors (Lipinski definition) is 0. The summed E-state index contributed by atoms with van der Waals surface area (Å²) in [6.07, 6.45) is 3.32. The van der Waals surface area contributed by atoms with Crippen LogP contribution in [0.2, 0.25) is 0 Å². The molecular formula is C22H18N2O3. The number of aryl methyl sites for hydroxylation is 1. The second-order valence-electron chi connectivity index (χ2n) is 7.10. The smallest absolute Gasteiger partial charge is 0.261 e. The second-order valence-corrected chi connectivity index (χ2v) is 7.10. The van der Waals surface area contributed by atoms with Crippen LogP contribution in [0.25, 0.3) is 22.6 Å². The van der Waals surface area contributed by atoms with Crippen molar-refractivity contribution in [2.45, 2.75) is 32.6 Å². The molecule has 0 N–H and O–H groups in total. The molecule has 5 rings (SSSR count). The van der Waals surface area contributed by atoms with E-state index in [0.717, 1.165) is 24.0 Å². The average molecular weight is 358 g/mol. The number of imide groups is 1. The van der Waals surface area contributed by atoms with E-state index in [1.165, 1.54) is 4.90 Å². The number of oxazole rings is 1. The topological polar surface area (TPSA) is 63.4 Å². The summed E-state index contributed by atoms with van der Waals surface area (Å²) >= 11 is 0. The Labute approximate surface area is 156 Å². The maximum atomic E-state index is 12.8. The molecule has 0 saturated heterocycles. The lowest BCUT2D eigenvalue weighted by Gasteiger charge is -2.14. The van der Waals surface area contributed by atoms with Gasteiger partial charge in [0, 0.05) is 16.7 Å². The minimum absolute atomic E-state index is 0.184. The van der Waals surface area contributed by atoms with E-state index in [-0.39, 0.29) is 11.8 Å². The lowest BCUT2D eigenvalue weighted by Crippen LogP contribution is -2.31. The number of fused-ring (bicyclic) bond motifs is 1. The molecule has 0 bridgehead atoms. The normalized spacial score (nSPS) is 17.1. The van der Waals surface area contributed by atoms with Crippen molar-refractivity contribution in [3.8, 4) is 11.5 Å². The zero-order valence-corrected chi connectivity index (χ0v) is 15.0. The lowest BCUT2D eigenvalue weighted by molar-refractivity contribution is -0.120. The summed E-state index contributed by atoms with van der Waals surface area (Å²) < 4.78 is 5.89. The van der Waals surface area contributed by atoms with Gasteiger partial charge in [-0.1, -0.05) is 18.2 Å². The molecule has 0 unspecified atom stereocenters. The third-order valence-electron chi connectivity index (χ3n) is 5.40. The highest BCUT2D eigenvalue weighted by molar-refractivity contribution is 6.33. The molecule has 0 spiro atoms. The van der Waals surface area contributed by atoms with Gasteiger partial charge in [0.05, 0.1) is 5.69 Å². The number of nitrogens with zero attached hydrogens (tertiary/aromatic N) is 2. The van der Waals surface area contributed by atoms with Gasteiger partial charge in [0.25, 0.3) is 11.8 Å². The fourth-order valence-electron chi connectivity index (χ4n) is 3.96. The first-order valence-corrected chi connectivity index (χ1v) is 9.21. The van der Waals surface area contributed by atoms with E-state index in [2.05, 4.69) is 4.98 Å². The fraction of sp³-hybridized carbons (Fsp3) is 0.227. The number of anilines is 1. The first-order chi connectivity index (χ1) is 13.1. The Morgan fingerprint density at radius 2 is 1.67 bits per heavy atom. The van der Waals surface area contributed by atoms with E-state index in [0.29, 0.717) is 46.7 Å². The van der Waals surface area contributed by atoms with Crippen LogP contribution in [0.1, 0.15) is 31.2 Å². The molecule has 5 nitrogen and oxygen atoms in total. The Morgan fingerprint density at radius 1 is 0.963 bits per heavy atom. The quantitative estimate of drug-likeness (QED) is 0.631. The molecule has 1 aromatic heterocycles. The molecule has 1 aliphatic heterocycles. The molecule has 0 atom stereocenters. The van der Waals surface area contributed by atoms with E-state index < -0.39 is 0 Å². The Kier molecular flexibility index (Phi) is 3.50. The van der Waals surface area contributed by atoms with Crippen LogP contribution < -0.4 is 4.90 Å². The van der Waals surface area contributed by atoms with Crippen molar-refractivity contribution in [3.63, 3.8) is 0 Å². The van der Waals surface area contributed by atoms with Gasteiger partial charge in [-0.15, -0.1) is 0 Å². The van der Waals surface area contributed by atoms with Gasteiger partial charge in [0.1, 0.15) is 5.52 Å². The number of hydrogen-bond acceptors (Lipinski definition) is 4. The van der Waals surface area contributed by atoms with Gasteiger partial charge in [-0.3, -0.25) is 9.59 Å². The van der Waals surface area contributed by atoms with E-state index in [1.54, 1.807) is 18.2 Å². The molecule has 3 aromatic rings. The number of rotatable bonds is 2. The molecule has 134 valence electrons. The van der Waals surface area contributed by atoms with Crippen LogP contribution in [0, 0.1) is 6.92 Å². The Morgan fingerprint density at radius 3 is 2.37 bits per heavy atom. The van der Waals surface area contributed by atoms with Crippen LogP contribution in [0.3, 0.4) is 0 Å². The maximum Gasteiger partial charge on any atom is 0.261 e. The lowest BCUT2D eigenvalue weighted by atomic mass is 9.93. The number of amides is 2. The van der Waals surface area contributed by atoms with Crippen molar-refractivity contribution in [2.24, 2.45) is 0 Å². The third kappa shape index (κ3) is 2.42. The highest BCUT2D eigenvalue weighted by Gasteiger charge is 2.39. The maximum absolute atomic E-state index is 12.8. The SMILES string of the molecule is Cc1ccccc1-c1nc2cc(N3C(=O)C4=C(CCCC4)C3=O)ccc2o1. The van der Waals surface area contributed by atoms with Crippen molar-refractivity contribution in [1.82, 2.24) is 4.98 Å². The minimum atomic E-state index is -0.184. The third-order valence-corrected chi connectivity index (χ3v) is 5.40. The van der Waals surface area contributed by atoms with Crippen molar-refractivity contribution >= 4 is 28.6 Å². The van der Waals surface area contributed by atoms with Gasteiger partial charge >= 0.3 is 0 Å². The predicted octanol–water partition coefficient (Wildman–Crippen LogP) is 4.55. The van der Waals surface area contributed by atoms with Crippen molar-refractivity contribution in [2.75, 3.05) is 4.90 Å². The van der Waals surface area contributed by atoms with Crippen LogP contribution in [0.5, 0.6) is 0 Å². The van der Waals surface area contributed by atoms with Crippen molar-refractivity contribution < 1.29 is 14.0 Å². The van der Waals surface area contributed by atoms with Crippen LogP contribution in [-0.4, -0.2) is 16.8 Å². The molecule has 5 heteroatoms. The Hall–Kier alpha value is -3.21. The molecule has 0 fully saturated rings. The summed E-state index contributed by atoms with van der Waals surface area (Å²) in [4.78, 5) is 31.4. The summed E-state index contributed by atoms with van der Waals surface area (Å²) in [5.41, 5.74) is 5.20. The van der Waals surface area contributed by atoms with E-state index in [1.807, 2.05) is 31.2 Å². The summed E-state index contributed by atoms with van der Waals surface area (Å²) in [6.45, 7) is 2.01. The van der Waals surface area contributed by atoms with Gasteiger partial charge in [-0.25, -0.2) is 9.88 Å². The van der Waals surface area contributed by atoms with E-state index >= 15 is 0 Å². The molecule has 2 aromatic carbocycles. The Balaban J connectivity index is 1.55. The molecule has 2 heterocycles. The summed E-state index contributed by atoms with van der Waals surface area (Å²) in [6, 6.07) is 13.2. The van der Waals surface area contributed by atoms with Crippen molar-refractivity contribution in [3.05, 3.63) is 59.2 Å². The number of carbonyl (C=O) groups excluding carboxylic acids is 2. The van der Waals surface area contributed by atoms with Gasteiger partial charge in [0.2, 0.25) is 5.89 Å². The van der Waals surface area contributed by atoms with Crippen LogP contribution in [0.15, 0.2) is 58.0 Å². The first-order valence-electron chi connectivity index (χ1n) is 9.21. The highest BCUT2D eigenvalue weighted by atomic mass is 16.3. The average Bonchev–Trinajstić information content (AvgIpc) is 3.21. The van der Waals surface area contributed by atoms with E-state index in [4.69, 9.17) is 4.42 Å². The molecule has 2 amide bonds. The fourth-order valence-corrected chi connectivity index (χ4v) is 3.96. The van der Waals surface area contributed by atoms with Crippen LogP contribution >= 0.6 is 0 Å². The molecule has 1 aliphatic carbocycles. The molecule has 0 saturated carbocycles. The monoisotopic (exact) mass is 358 g/mol. The second kappa shape index (κ2) is 5.91. The predicted molar refractivity (Wildman–Crippen MR) is 102 cm³/mol. The van der Waals surface area contributed by atoms with Crippen LogP contribution in [-0.2, 0) is 9.59 Å². The zero-order chi connectivity index (χ0) is 18.5. The summed E-state index contributed by atoms with van der Waals surface area (Å²) in [5, 5.41) is 0. The number of benzene rings is 2. The zero-order valence-electron chi connectivity index (χ0n) is 15.0. The first kappa shape index (κ1) is 16.0. The van der Waals surface area contributed by atoms with Gasteiger partial charge in [-0.05, 0) is 62.4 Å². The van der Waals surface area contributed by atoms with Gasteiger partial charge in [-0.2, -0.15) is 0 Å².